The number of anilines is 1. The highest BCUT2D eigenvalue weighted by molar-refractivity contribution is 14.1. The molecule has 0 bridgehead atoms. The average Bonchev–Trinajstić information content (AvgIpc) is 2.79. The standard InChI is InChI=1S/C25H19BrClIN2O3/c1-2-32-23-13-16(11-18(14-29)25(31)30-22-10-6-5-9-20(22)27)12-21(28)24(23)33-15-17-7-3-4-8-19(17)26/h3-13H,2,15H2,1H3,(H,30,31)/b18-11+. The number of ether oxygens (including phenoxy) is 2. The first kappa shape index (κ1) is 25.1. The van der Waals surface area contributed by atoms with Crippen LogP contribution in [0.2, 0.25) is 5.02 Å². The van der Waals surface area contributed by atoms with Crippen LogP contribution in [0.1, 0.15) is 18.1 Å². The fourth-order valence-corrected chi connectivity index (χ4v) is 4.27. The van der Waals surface area contributed by atoms with Crippen LogP contribution >= 0.6 is 50.1 Å². The van der Waals surface area contributed by atoms with Crippen LogP contribution in [0.5, 0.6) is 11.5 Å². The van der Waals surface area contributed by atoms with Gasteiger partial charge in [-0.2, -0.15) is 5.26 Å². The van der Waals surface area contributed by atoms with Crippen molar-refractivity contribution >= 4 is 67.8 Å². The Labute approximate surface area is 219 Å². The molecule has 0 atom stereocenters. The molecule has 0 saturated carbocycles. The Balaban J connectivity index is 1.87. The van der Waals surface area contributed by atoms with E-state index in [4.69, 9.17) is 21.1 Å². The van der Waals surface area contributed by atoms with Crippen molar-refractivity contribution in [1.82, 2.24) is 0 Å². The molecule has 0 aliphatic rings. The normalized spacial score (nSPS) is 10.9. The van der Waals surface area contributed by atoms with Crippen molar-refractivity contribution in [2.45, 2.75) is 13.5 Å². The third-order valence-corrected chi connectivity index (χ3v) is 6.36. The summed E-state index contributed by atoms with van der Waals surface area (Å²) in [5.41, 5.74) is 2.02. The number of nitriles is 1. The van der Waals surface area contributed by atoms with Crippen LogP contribution in [0.25, 0.3) is 6.08 Å². The molecule has 8 heteroatoms. The zero-order valence-corrected chi connectivity index (χ0v) is 22.1. The maximum atomic E-state index is 12.6. The monoisotopic (exact) mass is 636 g/mol. The molecule has 1 N–H and O–H groups in total. The predicted octanol–water partition coefficient (Wildman–Crippen LogP) is 7.23. The van der Waals surface area contributed by atoms with Crippen LogP contribution in [0.3, 0.4) is 0 Å². The first-order valence-electron chi connectivity index (χ1n) is 9.93. The summed E-state index contributed by atoms with van der Waals surface area (Å²) in [5.74, 6) is 0.587. The van der Waals surface area contributed by atoms with Gasteiger partial charge in [0, 0.05) is 10.0 Å². The molecule has 3 aromatic rings. The van der Waals surface area contributed by atoms with E-state index in [0.29, 0.717) is 41.0 Å². The molecule has 0 unspecified atom stereocenters. The number of rotatable bonds is 8. The van der Waals surface area contributed by atoms with Crippen LogP contribution in [-0.2, 0) is 11.4 Å². The molecule has 0 aliphatic heterocycles. The summed E-state index contributed by atoms with van der Waals surface area (Å²) in [6.45, 7) is 2.67. The lowest BCUT2D eigenvalue weighted by molar-refractivity contribution is -0.112. The van der Waals surface area contributed by atoms with E-state index in [1.54, 1.807) is 30.3 Å². The highest BCUT2D eigenvalue weighted by Crippen LogP contribution is 2.36. The van der Waals surface area contributed by atoms with Gasteiger partial charge in [0.25, 0.3) is 5.91 Å². The Bertz CT molecular complexity index is 1240. The van der Waals surface area contributed by atoms with Gasteiger partial charge >= 0.3 is 0 Å². The van der Waals surface area contributed by atoms with Crippen molar-refractivity contribution in [3.8, 4) is 17.6 Å². The number of para-hydroxylation sites is 1. The third kappa shape index (κ3) is 6.73. The molecule has 168 valence electrons. The number of nitrogens with zero attached hydrogens (tertiary/aromatic N) is 1. The average molecular weight is 638 g/mol. The molecule has 0 radical (unpaired) electrons. The van der Waals surface area contributed by atoms with Gasteiger partial charge < -0.3 is 14.8 Å². The smallest absolute Gasteiger partial charge is 0.266 e. The Hall–Kier alpha value is -2.54. The van der Waals surface area contributed by atoms with Gasteiger partial charge in [-0.15, -0.1) is 0 Å². The van der Waals surface area contributed by atoms with Crippen LogP contribution in [-0.4, -0.2) is 12.5 Å². The van der Waals surface area contributed by atoms with Crippen molar-refractivity contribution in [1.29, 1.82) is 5.26 Å². The number of nitrogens with one attached hydrogen (secondary N) is 1. The summed E-state index contributed by atoms with van der Waals surface area (Å²) in [6.07, 6.45) is 1.51. The fourth-order valence-electron chi connectivity index (χ4n) is 2.91. The van der Waals surface area contributed by atoms with E-state index in [-0.39, 0.29) is 5.57 Å². The molecule has 0 aliphatic carbocycles. The minimum absolute atomic E-state index is 0.0601. The van der Waals surface area contributed by atoms with E-state index in [0.717, 1.165) is 13.6 Å². The molecular formula is C25H19BrClIN2O3. The second-order valence-electron chi connectivity index (χ2n) is 6.75. The van der Waals surface area contributed by atoms with E-state index in [2.05, 4.69) is 43.8 Å². The molecule has 0 fully saturated rings. The maximum Gasteiger partial charge on any atom is 0.266 e. The molecule has 0 spiro atoms. The van der Waals surface area contributed by atoms with Crippen LogP contribution in [0.4, 0.5) is 5.69 Å². The summed E-state index contributed by atoms with van der Waals surface area (Å²) >= 11 is 11.8. The maximum absolute atomic E-state index is 12.6. The summed E-state index contributed by atoms with van der Waals surface area (Å²) < 4.78 is 13.6. The molecule has 0 heterocycles. The lowest BCUT2D eigenvalue weighted by Crippen LogP contribution is -2.13. The van der Waals surface area contributed by atoms with Gasteiger partial charge in [0.2, 0.25) is 0 Å². The van der Waals surface area contributed by atoms with Crippen molar-refractivity contribution in [2.24, 2.45) is 0 Å². The first-order valence-corrected chi connectivity index (χ1v) is 12.2. The molecule has 33 heavy (non-hydrogen) atoms. The van der Waals surface area contributed by atoms with Crippen molar-refractivity contribution in [2.75, 3.05) is 11.9 Å². The first-order chi connectivity index (χ1) is 15.9. The Kier molecular flexibility index (Phi) is 9.18. The minimum atomic E-state index is -0.548. The minimum Gasteiger partial charge on any atom is -0.490 e. The Morgan fingerprint density at radius 3 is 2.61 bits per heavy atom. The van der Waals surface area contributed by atoms with E-state index < -0.39 is 5.91 Å². The lowest BCUT2D eigenvalue weighted by atomic mass is 10.1. The predicted molar refractivity (Wildman–Crippen MR) is 142 cm³/mol. The van der Waals surface area contributed by atoms with Gasteiger partial charge in [-0.3, -0.25) is 4.79 Å². The van der Waals surface area contributed by atoms with Gasteiger partial charge in [-0.1, -0.05) is 57.9 Å². The SMILES string of the molecule is CCOc1cc(/C=C(\C#N)C(=O)Nc2ccccc2Cl)cc(I)c1OCc1ccccc1Br. The highest BCUT2D eigenvalue weighted by atomic mass is 127. The van der Waals surface area contributed by atoms with E-state index in [9.17, 15) is 10.1 Å². The molecule has 5 nitrogen and oxygen atoms in total. The van der Waals surface area contributed by atoms with E-state index >= 15 is 0 Å². The summed E-state index contributed by atoms with van der Waals surface area (Å²) in [7, 11) is 0. The van der Waals surface area contributed by atoms with Gasteiger partial charge in [0.05, 0.1) is 20.9 Å². The molecular weight excluding hydrogens is 619 g/mol. The zero-order valence-electron chi connectivity index (χ0n) is 17.6. The van der Waals surface area contributed by atoms with Crippen molar-refractivity contribution in [3.05, 3.63) is 90.4 Å². The largest absolute Gasteiger partial charge is 0.490 e. The molecule has 3 aromatic carbocycles. The number of halogens is 3. The Morgan fingerprint density at radius 1 is 1.18 bits per heavy atom. The number of amides is 1. The second kappa shape index (κ2) is 12.1. The highest BCUT2D eigenvalue weighted by Gasteiger charge is 2.15. The van der Waals surface area contributed by atoms with Gasteiger partial charge in [0.15, 0.2) is 11.5 Å². The summed E-state index contributed by atoms with van der Waals surface area (Å²) in [5, 5.41) is 12.6. The zero-order chi connectivity index (χ0) is 23.8. The number of hydrogen-bond acceptors (Lipinski definition) is 4. The van der Waals surface area contributed by atoms with Gasteiger partial charge in [-0.05, 0) is 71.5 Å². The van der Waals surface area contributed by atoms with Crippen LogP contribution in [0, 0.1) is 14.9 Å². The number of carbonyl (C=O) groups is 1. The summed E-state index contributed by atoms with van der Waals surface area (Å²) in [6, 6.07) is 20.2. The van der Waals surface area contributed by atoms with Crippen molar-refractivity contribution in [3.63, 3.8) is 0 Å². The summed E-state index contributed by atoms with van der Waals surface area (Å²) in [4.78, 5) is 12.6. The van der Waals surface area contributed by atoms with E-state index in [1.165, 1.54) is 6.08 Å². The lowest BCUT2D eigenvalue weighted by Gasteiger charge is -2.15. The third-order valence-electron chi connectivity index (χ3n) is 4.46. The fraction of sp³-hybridized carbons (Fsp3) is 0.120. The van der Waals surface area contributed by atoms with Crippen LogP contribution in [0.15, 0.2) is 70.7 Å². The van der Waals surface area contributed by atoms with Crippen molar-refractivity contribution < 1.29 is 14.3 Å². The molecule has 0 saturated heterocycles. The molecule has 1 amide bonds. The number of benzene rings is 3. The van der Waals surface area contributed by atoms with E-state index in [1.807, 2.05) is 43.3 Å². The van der Waals surface area contributed by atoms with Gasteiger partial charge in [-0.25, -0.2) is 0 Å². The Morgan fingerprint density at radius 2 is 1.91 bits per heavy atom. The second-order valence-corrected chi connectivity index (χ2v) is 9.17. The topological polar surface area (TPSA) is 71.3 Å². The number of hydrogen-bond donors (Lipinski definition) is 1. The van der Waals surface area contributed by atoms with Crippen LogP contribution < -0.4 is 14.8 Å². The molecule has 3 rings (SSSR count). The molecule has 0 aromatic heterocycles. The number of carbonyl (C=O) groups excluding carboxylic acids is 1. The van der Waals surface area contributed by atoms with Gasteiger partial charge in [0.1, 0.15) is 18.2 Å². The quantitative estimate of drug-likeness (QED) is 0.161.